The lowest BCUT2D eigenvalue weighted by Gasteiger charge is -1.98. The van der Waals surface area contributed by atoms with Crippen LogP contribution in [0.25, 0.3) is 10.8 Å². The molecule has 2 aromatic rings. The van der Waals surface area contributed by atoms with Crippen molar-refractivity contribution in [1.29, 1.82) is 0 Å². The largest absolute Gasteiger partial charge is 0.0616 e. The molecule has 0 nitrogen and oxygen atoms in total. The summed E-state index contributed by atoms with van der Waals surface area (Å²) in [5, 5.41) is 2.12. The van der Waals surface area contributed by atoms with Crippen molar-refractivity contribution in [2.45, 2.75) is 6.88 Å². The lowest BCUT2D eigenvalue weighted by Crippen LogP contribution is -1.75. The molecule has 0 aliphatic carbocycles. The molecule has 0 fully saturated rings. The van der Waals surface area contributed by atoms with Crippen molar-refractivity contribution in [3.05, 3.63) is 48.0 Å². The summed E-state index contributed by atoms with van der Waals surface area (Å²) in [4.78, 5) is 0. The van der Waals surface area contributed by atoms with E-state index in [0.29, 0.717) is 0 Å². The molecule has 0 aromatic heterocycles. The molecule has 0 spiro atoms. The van der Waals surface area contributed by atoms with Crippen molar-refractivity contribution in [3.8, 4) is 0 Å². The summed E-state index contributed by atoms with van der Waals surface area (Å²) < 4.78 is 14.7. The second-order valence-electron chi connectivity index (χ2n) is 2.57. The van der Waals surface area contributed by atoms with Gasteiger partial charge in [-0.15, -0.1) is 0 Å². The Morgan fingerprint density at radius 2 is 1.82 bits per heavy atom. The van der Waals surface area contributed by atoms with Crippen LogP contribution in [0.1, 0.15) is 8.30 Å². The third-order valence-electron chi connectivity index (χ3n) is 1.82. The van der Waals surface area contributed by atoms with E-state index in [-0.39, 0.29) is 0 Å². The maximum absolute atomic E-state index is 7.37. The maximum Gasteiger partial charge on any atom is 0.0280 e. The Morgan fingerprint density at radius 1 is 1.00 bits per heavy atom. The number of aryl methyl sites for hydroxylation is 1. The second-order valence-corrected chi connectivity index (χ2v) is 2.57. The molecule has 0 unspecified atom stereocenters. The molecule has 2 rings (SSSR count). The van der Waals surface area contributed by atoms with Crippen LogP contribution >= 0.6 is 0 Å². The summed E-state index contributed by atoms with van der Waals surface area (Å²) in [5.74, 6) is 0. The molecule has 0 aliphatic rings. The first kappa shape index (κ1) is 4.55. The zero-order valence-corrected chi connectivity index (χ0v) is 6.12. The molecule has 11 heavy (non-hydrogen) atoms. The smallest absolute Gasteiger partial charge is 0.0280 e. The second kappa shape index (κ2) is 2.39. The van der Waals surface area contributed by atoms with E-state index in [9.17, 15) is 0 Å². The van der Waals surface area contributed by atoms with Gasteiger partial charge in [-0.1, -0.05) is 42.5 Å². The van der Waals surface area contributed by atoms with Crippen LogP contribution in [0.3, 0.4) is 0 Å². The standard InChI is InChI=1S/C11H10/c1-9-5-4-7-10-6-2-3-8-11(9)10/h2-8H,1H3/i1D2. The van der Waals surface area contributed by atoms with Gasteiger partial charge >= 0.3 is 0 Å². The first-order valence-electron chi connectivity index (χ1n) is 4.76. The Labute approximate surface area is 69.3 Å². The summed E-state index contributed by atoms with van der Waals surface area (Å²) in [5.41, 5.74) is 0.776. The first-order chi connectivity index (χ1) is 6.29. The quantitative estimate of drug-likeness (QED) is 0.532. The molecule has 54 valence electrons. The number of fused-ring (bicyclic) bond motifs is 1. The summed E-state index contributed by atoms with van der Waals surface area (Å²) >= 11 is 0. The predicted octanol–water partition coefficient (Wildman–Crippen LogP) is 3.15. The number of hydrogen-bond donors (Lipinski definition) is 0. The summed E-state index contributed by atoms with van der Waals surface area (Å²) in [6.07, 6.45) is 0. The fourth-order valence-corrected chi connectivity index (χ4v) is 1.25. The van der Waals surface area contributed by atoms with Crippen molar-refractivity contribution in [2.75, 3.05) is 0 Å². The van der Waals surface area contributed by atoms with E-state index in [1.54, 1.807) is 0 Å². The monoisotopic (exact) mass is 144 g/mol. The third-order valence-corrected chi connectivity index (χ3v) is 1.82. The van der Waals surface area contributed by atoms with Gasteiger partial charge in [-0.2, -0.15) is 0 Å². The molecule has 0 amide bonds. The molecule has 0 radical (unpaired) electrons. The number of hydrogen-bond acceptors (Lipinski definition) is 0. The van der Waals surface area contributed by atoms with Gasteiger partial charge in [0.05, 0.1) is 0 Å². The van der Waals surface area contributed by atoms with Crippen LogP contribution in [-0.4, -0.2) is 0 Å². The molecule has 2 aromatic carbocycles. The van der Waals surface area contributed by atoms with Gasteiger partial charge in [-0.25, -0.2) is 0 Å². The molecular weight excluding hydrogens is 132 g/mol. The molecular formula is C11H10. The highest BCUT2D eigenvalue weighted by molar-refractivity contribution is 5.85. The third kappa shape index (κ3) is 1.01. The van der Waals surface area contributed by atoms with Crippen LogP contribution in [0.5, 0.6) is 0 Å². The fourth-order valence-electron chi connectivity index (χ4n) is 1.25. The predicted molar refractivity (Wildman–Crippen MR) is 48.7 cm³/mol. The molecule has 0 heteroatoms. The van der Waals surface area contributed by atoms with Crippen LogP contribution in [0.15, 0.2) is 42.5 Å². The Kier molecular flexibility index (Phi) is 0.988. The average Bonchev–Trinajstić information content (AvgIpc) is 2.17. The van der Waals surface area contributed by atoms with Crippen LogP contribution < -0.4 is 0 Å². The van der Waals surface area contributed by atoms with Gasteiger partial charge in [0.1, 0.15) is 0 Å². The highest BCUT2D eigenvalue weighted by atomic mass is 14.0. The summed E-state index contributed by atoms with van der Waals surface area (Å²) in [6.45, 7) is -0.897. The molecule has 0 N–H and O–H groups in total. The molecule has 0 atom stereocenters. The van der Waals surface area contributed by atoms with Gasteiger partial charge in [0, 0.05) is 2.74 Å². The van der Waals surface area contributed by atoms with Crippen LogP contribution in [0, 0.1) is 6.88 Å². The van der Waals surface area contributed by atoms with Crippen LogP contribution in [0.4, 0.5) is 0 Å². The van der Waals surface area contributed by atoms with Crippen molar-refractivity contribution < 1.29 is 2.74 Å². The van der Waals surface area contributed by atoms with Gasteiger partial charge in [-0.3, -0.25) is 0 Å². The Morgan fingerprint density at radius 3 is 2.73 bits per heavy atom. The van der Waals surface area contributed by atoms with Crippen molar-refractivity contribution in [2.24, 2.45) is 0 Å². The first-order valence-corrected chi connectivity index (χ1v) is 3.61. The van der Waals surface area contributed by atoms with Gasteiger partial charge < -0.3 is 0 Å². The van der Waals surface area contributed by atoms with E-state index in [1.165, 1.54) is 0 Å². The van der Waals surface area contributed by atoms with E-state index in [0.717, 1.165) is 16.3 Å². The molecule has 0 saturated heterocycles. The Hall–Kier alpha value is -1.30. The van der Waals surface area contributed by atoms with Crippen molar-refractivity contribution in [3.63, 3.8) is 0 Å². The van der Waals surface area contributed by atoms with Crippen molar-refractivity contribution in [1.82, 2.24) is 0 Å². The van der Waals surface area contributed by atoms with Gasteiger partial charge in [0.15, 0.2) is 0 Å². The summed E-state index contributed by atoms with van der Waals surface area (Å²) in [6, 6.07) is 13.6. The van der Waals surface area contributed by atoms with E-state index in [1.807, 2.05) is 42.5 Å². The van der Waals surface area contributed by atoms with E-state index >= 15 is 0 Å². The molecule has 0 bridgehead atoms. The fraction of sp³-hybridized carbons (Fsp3) is 0.0909. The van der Waals surface area contributed by atoms with E-state index in [4.69, 9.17) is 2.74 Å². The normalized spacial score (nSPS) is 13.2. The van der Waals surface area contributed by atoms with Crippen LogP contribution in [0.2, 0.25) is 0 Å². The van der Waals surface area contributed by atoms with Crippen LogP contribution in [-0.2, 0) is 0 Å². The topological polar surface area (TPSA) is 0 Å². The Bertz CT molecular complexity index is 416. The SMILES string of the molecule is [2H]C([2H])c1cccc2ccccc12. The minimum absolute atomic E-state index is 0.776. The average molecular weight is 144 g/mol. The highest BCUT2D eigenvalue weighted by Gasteiger charge is 1.91. The zero-order valence-electron chi connectivity index (χ0n) is 8.12. The van der Waals surface area contributed by atoms with E-state index < -0.39 is 6.88 Å². The Balaban J connectivity index is 2.76. The maximum atomic E-state index is 7.37. The molecule has 0 saturated carbocycles. The minimum atomic E-state index is -0.897. The minimum Gasteiger partial charge on any atom is -0.0616 e. The van der Waals surface area contributed by atoms with Gasteiger partial charge in [-0.05, 0) is 23.2 Å². The molecule has 0 heterocycles. The number of benzene rings is 2. The zero-order chi connectivity index (χ0) is 9.26. The highest BCUT2D eigenvalue weighted by Crippen LogP contribution is 2.16. The lowest BCUT2D eigenvalue weighted by molar-refractivity contribution is 1.53. The van der Waals surface area contributed by atoms with E-state index in [2.05, 4.69) is 0 Å². The molecule has 0 aliphatic heterocycles. The van der Waals surface area contributed by atoms with Gasteiger partial charge in [0.25, 0.3) is 0 Å². The van der Waals surface area contributed by atoms with Crippen molar-refractivity contribution >= 4 is 10.8 Å². The summed E-state index contributed by atoms with van der Waals surface area (Å²) in [7, 11) is 0. The lowest BCUT2D eigenvalue weighted by atomic mass is 10.1. The van der Waals surface area contributed by atoms with Gasteiger partial charge in [0.2, 0.25) is 0 Å². The number of rotatable bonds is 0.